The van der Waals surface area contributed by atoms with Crippen molar-refractivity contribution in [2.24, 2.45) is 0 Å². The van der Waals surface area contributed by atoms with Crippen LogP contribution in [0, 0.1) is 0 Å². The molecule has 5 heterocycles. The number of hydrogen-bond donors (Lipinski definition) is 0. The maximum Gasteiger partial charge on any atom is 0.165 e. The number of nitrogens with zero attached hydrogens (tertiary/aromatic N) is 4. The molecular weight excluding hydrogens is 705 g/mol. The molecule has 12 rings (SSSR count). The molecule has 0 atom stereocenters. The van der Waals surface area contributed by atoms with Crippen molar-refractivity contribution < 1.29 is 13.3 Å². The van der Waals surface area contributed by atoms with Gasteiger partial charge in [0.05, 0.1) is 0 Å². The van der Waals surface area contributed by atoms with E-state index in [0.29, 0.717) is 17.5 Å². The smallest absolute Gasteiger partial charge is 0.165 e. The van der Waals surface area contributed by atoms with Gasteiger partial charge in [0.2, 0.25) is 0 Å². The van der Waals surface area contributed by atoms with Crippen LogP contribution in [0.3, 0.4) is 0 Å². The molecule has 0 saturated carbocycles. The lowest BCUT2D eigenvalue weighted by atomic mass is 9.93. The average molecular weight is 733 g/mol. The first-order chi connectivity index (χ1) is 28.2. The minimum Gasteiger partial charge on any atom is -0.456 e. The lowest BCUT2D eigenvalue weighted by molar-refractivity contribution is 0.665. The van der Waals surface area contributed by atoms with Gasteiger partial charge in [0, 0.05) is 72.5 Å². The van der Waals surface area contributed by atoms with Crippen molar-refractivity contribution in [3.63, 3.8) is 0 Å². The fourth-order valence-electron chi connectivity index (χ4n) is 8.16. The van der Waals surface area contributed by atoms with Gasteiger partial charge in [-0.25, -0.2) is 15.0 Å². The zero-order chi connectivity index (χ0) is 37.5. The van der Waals surface area contributed by atoms with E-state index < -0.39 is 0 Å². The molecule has 0 aliphatic heterocycles. The van der Waals surface area contributed by atoms with Crippen LogP contribution in [0.2, 0.25) is 0 Å². The van der Waals surface area contributed by atoms with E-state index in [1.807, 2.05) is 72.8 Å². The van der Waals surface area contributed by atoms with Crippen molar-refractivity contribution in [3.05, 3.63) is 170 Å². The number of fused-ring (bicyclic) bond motifs is 9. The van der Waals surface area contributed by atoms with Gasteiger partial charge in [-0.2, -0.15) is 0 Å². The van der Waals surface area contributed by atoms with Crippen LogP contribution >= 0.6 is 0 Å². The lowest BCUT2D eigenvalue weighted by Gasteiger charge is -2.11. The minimum atomic E-state index is 0.540. The molecule has 7 aromatic carbocycles. The van der Waals surface area contributed by atoms with E-state index in [1.165, 1.54) is 0 Å². The van der Waals surface area contributed by atoms with Crippen molar-refractivity contribution in [1.82, 2.24) is 19.9 Å². The number of hydrogen-bond acceptors (Lipinski definition) is 7. The Labute approximate surface area is 324 Å². The predicted molar refractivity (Wildman–Crippen MR) is 227 cm³/mol. The summed E-state index contributed by atoms with van der Waals surface area (Å²) in [6.07, 6.45) is 3.51. The van der Waals surface area contributed by atoms with Crippen molar-refractivity contribution in [2.75, 3.05) is 0 Å². The van der Waals surface area contributed by atoms with Gasteiger partial charge in [-0.1, -0.05) is 109 Å². The van der Waals surface area contributed by atoms with E-state index in [9.17, 15) is 0 Å². The Morgan fingerprint density at radius 2 is 0.895 bits per heavy atom. The Hall–Kier alpha value is -7.90. The Morgan fingerprint density at radius 1 is 0.333 bits per heavy atom. The Balaban J connectivity index is 0.989. The largest absolute Gasteiger partial charge is 0.456 e. The van der Waals surface area contributed by atoms with Gasteiger partial charge in [-0.05, 0) is 59.7 Å². The highest BCUT2D eigenvalue weighted by Gasteiger charge is 2.21. The summed E-state index contributed by atoms with van der Waals surface area (Å²) in [5, 5.41) is 6.39. The standard InChI is InChI=1S/C50H28N4O3/c1-4-15-41-34(10-1)36-23-22-31(27-44(36)55-41)49-52-48(53-50(54-49)32-9-8-26-51-28-32)30-20-18-29(19-21-30)33-24-25-39(47-45(33)40-12-3-6-17-43(40)57-47)38-14-7-13-37-35-11-2-5-16-42(35)56-46(37)38/h1-28H. The summed E-state index contributed by atoms with van der Waals surface area (Å²) in [6, 6.07) is 53.4. The monoisotopic (exact) mass is 732 g/mol. The second-order valence-electron chi connectivity index (χ2n) is 14.2. The zero-order valence-electron chi connectivity index (χ0n) is 30.2. The molecule has 0 saturated heterocycles. The van der Waals surface area contributed by atoms with Gasteiger partial charge in [0.15, 0.2) is 17.5 Å². The van der Waals surface area contributed by atoms with Crippen molar-refractivity contribution in [1.29, 1.82) is 0 Å². The third kappa shape index (κ3) is 4.99. The van der Waals surface area contributed by atoms with E-state index in [4.69, 9.17) is 28.2 Å². The second-order valence-corrected chi connectivity index (χ2v) is 14.2. The fraction of sp³-hybridized carbons (Fsp3) is 0. The van der Waals surface area contributed by atoms with Crippen LogP contribution in [0.4, 0.5) is 0 Å². The minimum absolute atomic E-state index is 0.540. The van der Waals surface area contributed by atoms with Crippen LogP contribution in [0.15, 0.2) is 183 Å². The van der Waals surface area contributed by atoms with Crippen LogP contribution in [0.5, 0.6) is 0 Å². The summed E-state index contributed by atoms with van der Waals surface area (Å²) < 4.78 is 19.4. The van der Waals surface area contributed by atoms with E-state index in [1.54, 1.807) is 12.4 Å². The van der Waals surface area contributed by atoms with Crippen LogP contribution in [-0.4, -0.2) is 19.9 Å². The van der Waals surface area contributed by atoms with E-state index in [0.717, 1.165) is 105 Å². The molecule has 0 spiro atoms. The summed E-state index contributed by atoms with van der Waals surface area (Å²) in [5.41, 5.74) is 11.5. The first kappa shape index (κ1) is 31.5. The highest BCUT2D eigenvalue weighted by atomic mass is 16.3. The van der Waals surface area contributed by atoms with Crippen LogP contribution < -0.4 is 0 Å². The van der Waals surface area contributed by atoms with Gasteiger partial charge in [-0.15, -0.1) is 0 Å². The number of aromatic nitrogens is 4. The molecule has 0 bridgehead atoms. The third-order valence-corrected chi connectivity index (χ3v) is 10.9. The maximum absolute atomic E-state index is 6.69. The van der Waals surface area contributed by atoms with Gasteiger partial charge in [0.1, 0.15) is 33.5 Å². The Kier molecular flexibility index (Phi) is 6.79. The normalized spacial score (nSPS) is 11.9. The van der Waals surface area contributed by atoms with Gasteiger partial charge in [0.25, 0.3) is 0 Å². The molecule has 0 radical (unpaired) electrons. The molecule has 0 fully saturated rings. The highest BCUT2D eigenvalue weighted by molar-refractivity contribution is 6.19. The number of benzene rings is 7. The van der Waals surface area contributed by atoms with Crippen LogP contribution in [-0.2, 0) is 0 Å². The molecule has 5 aromatic heterocycles. The lowest BCUT2D eigenvalue weighted by Crippen LogP contribution is -2.00. The average Bonchev–Trinajstić information content (AvgIpc) is 3.98. The number of para-hydroxylation sites is 4. The number of furan rings is 3. The van der Waals surface area contributed by atoms with Gasteiger partial charge in [-0.3, -0.25) is 4.98 Å². The molecular formula is C50H28N4O3. The van der Waals surface area contributed by atoms with Crippen molar-refractivity contribution in [2.45, 2.75) is 0 Å². The summed E-state index contributed by atoms with van der Waals surface area (Å²) >= 11 is 0. The van der Waals surface area contributed by atoms with Crippen molar-refractivity contribution >= 4 is 65.8 Å². The number of rotatable bonds is 5. The molecule has 266 valence electrons. The molecule has 0 amide bonds. The van der Waals surface area contributed by atoms with E-state index >= 15 is 0 Å². The molecule has 0 aliphatic carbocycles. The molecule has 0 unspecified atom stereocenters. The van der Waals surface area contributed by atoms with E-state index in [2.05, 4.69) is 89.9 Å². The highest BCUT2D eigenvalue weighted by Crippen LogP contribution is 2.45. The molecule has 7 nitrogen and oxygen atoms in total. The molecule has 12 aromatic rings. The first-order valence-corrected chi connectivity index (χ1v) is 18.8. The Morgan fingerprint density at radius 3 is 1.67 bits per heavy atom. The second kappa shape index (κ2) is 12.3. The zero-order valence-corrected chi connectivity index (χ0v) is 30.2. The van der Waals surface area contributed by atoms with E-state index in [-0.39, 0.29) is 0 Å². The summed E-state index contributed by atoms with van der Waals surface area (Å²) in [6.45, 7) is 0. The molecule has 7 heteroatoms. The summed E-state index contributed by atoms with van der Waals surface area (Å²) in [7, 11) is 0. The first-order valence-electron chi connectivity index (χ1n) is 18.8. The SMILES string of the molecule is c1cncc(-c2nc(-c3ccc(-c4ccc(-c5cccc6c5oc5ccccc56)c5oc6ccccc6c45)cc3)nc(-c3ccc4c(c3)oc3ccccc34)n2)c1. The summed E-state index contributed by atoms with van der Waals surface area (Å²) in [5.74, 6) is 1.65. The maximum atomic E-state index is 6.69. The van der Waals surface area contributed by atoms with Gasteiger partial charge < -0.3 is 13.3 Å². The van der Waals surface area contributed by atoms with Crippen LogP contribution in [0.25, 0.3) is 122 Å². The van der Waals surface area contributed by atoms with Crippen molar-refractivity contribution in [3.8, 4) is 56.4 Å². The number of pyridine rings is 1. The van der Waals surface area contributed by atoms with Crippen LogP contribution in [0.1, 0.15) is 0 Å². The van der Waals surface area contributed by atoms with Gasteiger partial charge >= 0.3 is 0 Å². The topological polar surface area (TPSA) is 91.0 Å². The quantitative estimate of drug-likeness (QED) is 0.174. The molecule has 0 aliphatic rings. The predicted octanol–water partition coefficient (Wildman–Crippen LogP) is 13.3. The Bertz CT molecular complexity index is 3530. The summed E-state index contributed by atoms with van der Waals surface area (Å²) in [4.78, 5) is 19.2. The molecule has 57 heavy (non-hydrogen) atoms. The third-order valence-electron chi connectivity index (χ3n) is 10.9. The fourth-order valence-corrected chi connectivity index (χ4v) is 8.16. The molecule has 0 N–H and O–H groups in total.